The minimum absolute atomic E-state index is 0.199. The van der Waals surface area contributed by atoms with Crippen molar-refractivity contribution in [3.05, 3.63) is 23.8 Å². The third kappa shape index (κ3) is 3.38. The molecule has 2 rings (SSSR count). The first-order chi connectivity index (χ1) is 9.22. The lowest BCUT2D eigenvalue weighted by Crippen LogP contribution is -2.28. The molecule has 0 spiro atoms. The fraction of sp³-hybridized carbons (Fsp3) is 0.500. The van der Waals surface area contributed by atoms with Gasteiger partial charge in [-0.15, -0.1) is 0 Å². The molecule has 0 aliphatic carbocycles. The van der Waals surface area contributed by atoms with Crippen LogP contribution in [0.2, 0.25) is 0 Å². The van der Waals surface area contributed by atoms with E-state index < -0.39 is 5.97 Å². The summed E-state index contributed by atoms with van der Waals surface area (Å²) in [5.74, 6) is 0.0151. The molecule has 5 nitrogen and oxygen atoms in total. The highest BCUT2D eigenvalue weighted by Gasteiger charge is 2.23. The maximum atomic E-state index is 12.2. The van der Waals surface area contributed by atoms with Crippen molar-refractivity contribution < 1.29 is 19.0 Å². The van der Waals surface area contributed by atoms with Crippen molar-refractivity contribution in [1.82, 2.24) is 0 Å². The summed E-state index contributed by atoms with van der Waals surface area (Å²) in [5.41, 5.74) is 6.51. The molecule has 0 saturated carbocycles. The molecule has 0 bridgehead atoms. The molecule has 0 radical (unpaired) electrons. The number of nitrogens with two attached hydrogens (primary N) is 1. The van der Waals surface area contributed by atoms with E-state index in [4.69, 9.17) is 19.9 Å². The second-order valence-corrected chi connectivity index (χ2v) is 4.40. The van der Waals surface area contributed by atoms with Gasteiger partial charge in [-0.25, -0.2) is 4.79 Å². The van der Waals surface area contributed by atoms with Crippen LogP contribution in [0.4, 0.5) is 5.69 Å². The van der Waals surface area contributed by atoms with Crippen molar-refractivity contribution in [1.29, 1.82) is 0 Å². The molecule has 1 aliphatic heterocycles. The first-order valence-electron chi connectivity index (χ1n) is 6.52. The van der Waals surface area contributed by atoms with Crippen LogP contribution in [0.1, 0.15) is 30.1 Å². The molecular formula is C14H19NO4. The van der Waals surface area contributed by atoms with Gasteiger partial charge in [0.05, 0.1) is 13.2 Å². The normalized spacial score (nSPS) is 18.9. The summed E-state index contributed by atoms with van der Waals surface area (Å²) < 4.78 is 16.1. The number of ether oxygens (including phenoxy) is 3. The Labute approximate surface area is 112 Å². The van der Waals surface area contributed by atoms with Crippen LogP contribution in [0.25, 0.3) is 0 Å². The van der Waals surface area contributed by atoms with Gasteiger partial charge in [-0.1, -0.05) is 6.07 Å². The third-order valence-electron chi connectivity index (χ3n) is 2.95. The maximum absolute atomic E-state index is 12.2. The monoisotopic (exact) mass is 265 g/mol. The number of rotatable bonds is 4. The Balaban J connectivity index is 2.13. The lowest BCUT2D eigenvalue weighted by Gasteiger charge is -2.23. The molecule has 19 heavy (non-hydrogen) atoms. The van der Waals surface area contributed by atoms with Crippen LogP contribution in [0, 0.1) is 0 Å². The van der Waals surface area contributed by atoms with Gasteiger partial charge >= 0.3 is 5.97 Å². The molecule has 1 unspecified atom stereocenters. The molecule has 0 amide bonds. The second-order valence-electron chi connectivity index (χ2n) is 4.40. The zero-order valence-electron chi connectivity index (χ0n) is 11.1. The summed E-state index contributed by atoms with van der Waals surface area (Å²) in [5, 5.41) is 0. The van der Waals surface area contributed by atoms with Crippen molar-refractivity contribution in [3.8, 4) is 5.75 Å². The summed E-state index contributed by atoms with van der Waals surface area (Å²) in [6, 6.07) is 5.13. The van der Waals surface area contributed by atoms with Gasteiger partial charge in [0.2, 0.25) is 0 Å². The van der Waals surface area contributed by atoms with Crippen molar-refractivity contribution in [3.63, 3.8) is 0 Å². The summed E-state index contributed by atoms with van der Waals surface area (Å²) in [4.78, 5) is 12.2. The Morgan fingerprint density at radius 1 is 1.53 bits per heavy atom. The Morgan fingerprint density at radius 3 is 3.05 bits per heavy atom. The van der Waals surface area contributed by atoms with Gasteiger partial charge in [-0.2, -0.15) is 0 Å². The molecule has 1 aromatic carbocycles. The average molecular weight is 265 g/mol. The quantitative estimate of drug-likeness (QED) is 0.666. The molecule has 5 heteroatoms. The Hall–Kier alpha value is -1.75. The molecule has 0 aromatic heterocycles. The van der Waals surface area contributed by atoms with E-state index in [9.17, 15) is 4.79 Å². The lowest BCUT2D eigenvalue weighted by atomic mass is 10.1. The van der Waals surface area contributed by atoms with Crippen molar-refractivity contribution in [2.24, 2.45) is 0 Å². The predicted molar refractivity (Wildman–Crippen MR) is 71.3 cm³/mol. The van der Waals surface area contributed by atoms with Crippen LogP contribution < -0.4 is 10.5 Å². The number of hydrogen-bond donors (Lipinski definition) is 1. The van der Waals surface area contributed by atoms with E-state index in [-0.39, 0.29) is 6.10 Å². The predicted octanol–water partition coefficient (Wildman–Crippen LogP) is 2.00. The van der Waals surface area contributed by atoms with Gasteiger partial charge < -0.3 is 19.9 Å². The van der Waals surface area contributed by atoms with Crippen LogP contribution in [-0.4, -0.2) is 31.9 Å². The van der Waals surface area contributed by atoms with Gasteiger partial charge in [0.25, 0.3) is 0 Å². The number of carbonyl (C=O) groups is 1. The summed E-state index contributed by atoms with van der Waals surface area (Å²) in [6.45, 7) is 3.50. The van der Waals surface area contributed by atoms with E-state index >= 15 is 0 Å². The van der Waals surface area contributed by atoms with Crippen LogP contribution in [0.3, 0.4) is 0 Å². The third-order valence-corrected chi connectivity index (χ3v) is 2.95. The molecule has 1 atom stereocenters. The van der Waals surface area contributed by atoms with Gasteiger partial charge in [-0.05, 0) is 31.9 Å². The summed E-state index contributed by atoms with van der Waals surface area (Å²) >= 11 is 0. The topological polar surface area (TPSA) is 70.8 Å². The van der Waals surface area contributed by atoms with Gasteiger partial charge in [0, 0.05) is 12.3 Å². The molecule has 1 heterocycles. The lowest BCUT2D eigenvalue weighted by molar-refractivity contribution is -0.0307. The number of carbonyl (C=O) groups excluding carboxylic acids is 1. The Morgan fingerprint density at radius 2 is 2.37 bits per heavy atom. The smallest absolute Gasteiger partial charge is 0.344 e. The van der Waals surface area contributed by atoms with Gasteiger partial charge in [-0.3, -0.25) is 0 Å². The average Bonchev–Trinajstić information content (AvgIpc) is 2.40. The molecule has 104 valence electrons. The van der Waals surface area contributed by atoms with E-state index in [0.29, 0.717) is 30.2 Å². The van der Waals surface area contributed by atoms with E-state index in [1.165, 1.54) is 0 Å². The SMILES string of the molecule is CCOc1cccc(N)c1C(=O)OC1CCCOC1. The second kappa shape index (κ2) is 6.43. The number of nitrogen functional groups attached to an aromatic ring is 1. The number of anilines is 1. The molecular weight excluding hydrogens is 246 g/mol. The summed E-state index contributed by atoms with van der Waals surface area (Å²) in [6.07, 6.45) is 1.53. The minimum atomic E-state index is -0.447. The van der Waals surface area contributed by atoms with E-state index in [2.05, 4.69) is 0 Å². The van der Waals surface area contributed by atoms with Gasteiger partial charge in [0.1, 0.15) is 17.4 Å². The fourth-order valence-corrected chi connectivity index (χ4v) is 2.06. The zero-order valence-corrected chi connectivity index (χ0v) is 11.1. The Bertz CT molecular complexity index is 441. The van der Waals surface area contributed by atoms with E-state index in [1.54, 1.807) is 18.2 Å². The molecule has 1 fully saturated rings. The first kappa shape index (κ1) is 13.7. The molecule has 2 N–H and O–H groups in total. The molecule has 1 aromatic rings. The molecule has 1 saturated heterocycles. The van der Waals surface area contributed by atoms with Crippen molar-refractivity contribution in [2.45, 2.75) is 25.9 Å². The van der Waals surface area contributed by atoms with E-state index in [0.717, 1.165) is 19.4 Å². The zero-order chi connectivity index (χ0) is 13.7. The first-order valence-corrected chi connectivity index (χ1v) is 6.52. The van der Waals surface area contributed by atoms with Crippen LogP contribution in [-0.2, 0) is 9.47 Å². The number of benzene rings is 1. The molecule has 1 aliphatic rings. The van der Waals surface area contributed by atoms with Crippen LogP contribution in [0.5, 0.6) is 5.75 Å². The number of hydrogen-bond acceptors (Lipinski definition) is 5. The summed E-state index contributed by atoms with van der Waals surface area (Å²) in [7, 11) is 0. The standard InChI is InChI=1S/C14H19NO4/c1-2-18-12-7-3-6-11(15)13(12)14(16)19-10-5-4-8-17-9-10/h3,6-7,10H,2,4-5,8-9,15H2,1H3. The fourth-order valence-electron chi connectivity index (χ4n) is 2.06. The maximum Gasteiger partial charge on any atom is 0.344 e. The highest BCUT2D eigenvalue weighted by Crippen LogP contribution is 2.26. The van der Waals surface area contributed by atoms with Gasteiger partial charge in [0.15, 0.2) is 0 Å². The highest BCUT2D eigenvalue weighted by molar-refractivity contribution is 5.98. The Kier molecular flexibility index (Phi) is 4.63. The van der Waals surface area contributed by atoms with Crippen LogP contribution >= 0.6 is 0 Å². The van der Waals surface area contributed by atoms with E-state index in [1.807, 2.05) is 6.92 Å². The minimum Gasteiger partial charge on any atom is -0.493 e. The number of esters is 1. The van der Waals surface area contributed by atoms with Crippen LogP contribution in [0.15, 0.2) is 18.2 Å². The van der Waals surface area contributed by atoms with Crippen molar-refractivity contribution >= 4 is 11.7 Å². The highest BCUT2D eigenvalue weighted by atomic mass is 16.6. The van der Waals surface area contributed by atoms with Crippen molar-refractivity contribution in [2.75, 3.05) is 25.6 Å². The largest absolute Gasteiger partial charge is 0.493 e.